The van der Waals surface area contributed by atoms with Gasteiger partial charge in [0.1, 0.15) is 0 Å². The zero-order valence-electron chi connectivity index (χ0n) is 26.8. The maximum absolute atomic E-state index is 3.67. The molecular weight excluding hydrogens is 564 g/mol. The second-order valence-corrected chi connectivity index (χ2v) is 21.6. The summed E-state index contributed by atoms with van der Waals surface area (Å²) in [6.07, 6.45) is 14.1. The van der Waals surface area contributed by atoms with Gasteiger partial charge in [-0.15, -0.1) is 11.1 Å². The second kappa shape index (κ2) is 12.8. The van der Waals surface area contributed by atoms with E-state index in [2.05, 4.69) is 124 Å². The van der Waals surface area contributed by atoms with Gasteiger partial charge in [0, 0.05) is 0 Å². The van der Waals surface area contributed by atoms with Crippen molar-refractivity contribution in [3.63, 3.8) is 0 Å². The summed E-state index contributed by atoms with van der Waals surface area (Å²) in [6.45, 7) is 25.2. The van der Waals surface area contributed by atoms with E-state index in [9.17, 15) is 0 Å². The Bertz CT molecular complexity index is 1170. The molecule has 0 heterocycles. The Morgan fingerprint density at radius 1 is 0.846 bits per heavy atom. The number of rotatable bonds is 1. The van der Waals surface area contributed by atoms with Crippen LogP contribution in [0.15, 0.2) is 47.2 Å². The topological polar surface area (TPSA) is 0 Å². The Labute approximate surface area is 257 Å². The van der Waals surface area contributed by atoms with Crippen molar-refractivity contribution in [2.45, 2.75) is 124 Å². The fourth-order valence-corrected chi connectivity index (χ4v) is 8.47. The number of benzene rings is 2. The molecule has 0 amide bonds. The Morgan fingerprint density at radius 2 is 1.46 bits per heavy atom. The van der Waals surface area contributed by atoms with Crippen LogP contribution < -0.4 is 0 Å². The van der Waals surface area contributed by atoms with E-state index in [1.54, 1.807) is 32.6 Å². The van der Waals surface area contributed by atoms with Crippen molar-refractivity contribution in [1.29, 1.82) is 0 Å². The molecule has 3 aliphatic rings. The molecule has 2 heteroatoms. The van der Waals surface area contributed by atoms with Crippen molar-refractivity contribution < 1.29 is 24.2 Å². The molecule has 2 aromatic rings. The normalized spacial score (nSPS) is 18.7. The first-order valence-corrected chi connectivity index (χ1v) is 19.8. The van der Waals surface area contributed by atoms with E-state index < -0.39 is 8.07 Å². The molecule has 2 aromatic carbocycles. The number of allylic oxidation sites excluding steroid dienone is 4. The van der Waals surface area contributed by atoms with Crippen LogP contribution in [0.2, 0.25) is 19.6 Å². The Morgan fingerprint density at radius 3 is 1.90 bits per heavy atom. The van der Waals surface area contributed by atoms with Gasteiger partial charge in [0.05, 0.1) is 0 Å². The fraction of sp³-hybridized carbons (Fsp3) is 0.541. The molecule has 0 aromatic heterocycles. The van der Waals surface area contributed by atoms with Crippen LogP contribution in [-0.4, -0.2) is 11.3 Å². The van der Waals surface area contributed by atoms with Crippen molar-refractivity contribution in [3.8, 4) is 11.1 Å². The molecule has 0 radical (unpaired) electrons. The van der Waals surface area contributed by atoms with E-state index in [0.29, 0.717) is 5.92 Å². The van der Waals surface area contributed by atoms with E-state index in [4.69, 9.17) is 0 Å². The van der Waals surface area contributed by atoms with Gasteiger partial charge in [0.15, 0.2) is 0 Å². The van der Waals surface area contributed by atoms with E-state index >= 15 is 0 Å². The fourth-order valence-electron chi connectivity index (χ4n) is 5.65. The van der Waals surface area contributed by atoms with Gasteiger partial charge in [-0.05, 0) is 36.5 Å². The molecule has 0 aliphatic heterocycles. The molecule has 1 fully saturated rings. The van der Waals surface area contributed by atoms with Crippen LogP contribution >= 0.6 is 0 Å². The van der Waals surface area contributed by atoms with Crippen molar-refractivity contribution in [2.24, 2.45) is 5.92 Å². The Balaban J connectivity index is 0.000000194. The summed E-state index contributed by atoms with van der Waals surface area (Å²) >= 11 is 1.69. The van der Waals surface area contributed by atoms with Crippen LogP contribution in [-0.2, 0) is 41.5 Å². The zero-order chi connectivity index (χ0) is 29.2. The monoisotopic (exact) mass is 614 g/mol. The van der Waals surface area contributed by atoms with Crippen LogP contribution in [0.4, 0.5) is 0 Å². The molecule has 1 unspecified atom stereocenters. The van der Waals surface area contributed by atoms with Crippen molar-refractivity contribution in [3.05, 3.63) is 81.6 Å². The van der Waals surface area contributed by atoms with E-state index in [0.717, 1.165) is 6.42 Å². The first-order valence-electron chi connectivity index (χ1n) is 15.1. The van der Waals surface area contributed by atoms with Gasteiger partial charge in [-0.2, -0.15) is 29.8 Å². The van der Waals surface area contributed by atoms with Crippen LogP contribution in [0.1, 0.15) is 110 Å². The molecule has 0 N–H and O–H groups in total. The quantitative estimate of drug-likeness (QED) is 0.189. The van der Waals surface area contributed by atoms with Gasteiger partial charge in [-0.25, -0.2) is 10.8 Å². The van der Waals surface area contributed by atoms with Gasteiger partial charge in [0.2, 0.25) is 0 Å². The third kappa shape index (κ3) is 8.94. The summed E-state index contributed by atoms with van der Waals surface area (Å²) in [4.78, 5) is 0. The summed E-state index contributed by atoms with van der Waals surface area (Å²) in [5.41, 5.74) is 10.1. The molecule has 0 saturated heterocycles. The standard InChI is InChI=1S/C21H25.C10H17Si.C6H10.Zr/c1-20(2,3)16-7-9-18-14(12-16)11-15-13-17(21(4,5)6)8-10-19(15)18;1-8-6-9(2)10(7-8)11(3,4)5;1-2-4-6-5-3-1;/h7-10,12H,11H2,1-6H3;7-8H,1-5H3;1-5H2;/q2*-1;;+2. The van der Waals surface area contributed by atoms with E-state index in [1.165, 1.54) is 71.1 Å². The zero-order valence-corrected chi connectivity index (χ0v) is 30.2. The van der Waals surface area contributed by atoms with E-state index in [1.807, 2.05) is 0 Å². The predicted molar refractivity (Wildman–Crippen MR) is 172 cm³/mol. The van der Waals surface area contributed by atoms with Gasteiger partial charge in [0.25, 0.3) is 0 Å². The minimum absolute atomic E-state index is 0.167. The summed E-state index contributed by atoms with van der Waals surface area (Å²) in [5, 5.41) is 1.60. The van der Waals surface area contributed by atoms with Crippen LogP contribution in [0, 0.1) is 18.1 Å². The molecule has 3 aliphatic carbocycles. The van der Waals surface area contributed by atoms with Gasteiger partial charge < -0.3 is 0 Å². The molecule has 0 spiro atoms. The summed E-state index contributed by atoms with van der Waals surface area (Å²) < 4.78 is 1.80. The first-order chi connectivity index (χ1) is 18.0. The van der Waals surface area contributed by atoms with Gasteiger partial charge in [-0.3, -0.25) is 6.08 Å². The van der Waals surface area contributed by atoms with Gasteiger partial charge in [-0.1, -0.05) is 105 Å². The molecule has 0 nitrogen and oxygen atoms in total. The average Bonchev–Trinajstić information content (AvgIpc) is 3.37. The first kappa shape index (κ1) is 32.4. The van der Waals surface area contributed by atoms with Crippen molar-refractivity contribution in [1.82, 2.24) is 0 Å². The molecule has 39 heavy (non-hydrogen) atoms. The molecule has 1 atom stereocenters. The van der Waals surface area contributed by atoms with Gasteiger partial charge >= 0.3 is 59.5 Å². The molecule has 5 rings (SSSR count). The predicted octanol–water partition coefficient (Wildman–Crippen LogP) is 10.5. The average molecular weight is 616 g/mol. The third-order valence-corrected chi connectivity index (χ3v) is 11.4. The molecule has 1 saturated carbocycles. The third-order valence-electron chi connectivity index (χ3n) is 7.99. The van der Waals surface area contributed by atoms with Crippen molar-refractivity contribution in [2.75, 3.05) is 0 Å². The van der Waals surface area contributed by atoms with Crippen molar-refractivity contribution >= 4 is 11.3 Å². The molecule has 208 valence electrons. The second-order valence-electron chi connectivity index (χ2n) is 14.9. The molecule has 0 bridgehead atoms. The maximum atomic E-state index is 3.67. The number of hydrogen-bond acceptors (Lipinski definition) is 0. The van der Waals surface area contributed by atoms with Crippen LogP contribution in [0.25, 0.3) is 11.1 Å². The Kier molecular flexibility index (Phi) is 10.6. The van der Waals surface area contributed by atoms with Crippen LogP contribution in [0.3, 0.4) is 0 Å². The number of fused-ring (bicyclic) bond motifs is 3. The summed E-state index contributed by atoms with van der Waals surface area (Å²) in [7, 11) is -1.07. The summed E-state index contributed by atoms with van der Waals surface area (Å²) in [6, 6.07) is 15.2. The summed E-state index contributed by atoms with van der Waals surface area (Å²) in [5.74, 6) is 0.553. The minimum atomic E-state index is -1.07. The Hall–Kier alpha value is -1.11. The number of hydrogen-bond donors (Lipinski definition) is 0. The van der Waals surface area contributed by atoms with E-state index in [-0.39, 0.29) is 10.8 Å². The van der Waals surface area contributed by atoms with Crippen LogP contribution in [0.5, 0.6) is 0 Å². The SMILES string of the molecule is CC(C)(C)c1[c-]c2c(cc1)-c1ccc(C(C)(C)C)cc1C2.CC1=[C-]C(C)C=C1[Si](C)(C)C.[Zr+2]=[C]1CCCCC1. The molecular formula is C37H52SiZr.